The number of carbonyl (C=O) groups excluding carboxylic acids is 1. The lowest BCUT2D eigenvalue weighted by molar-refractivity contribution is -0.139. The first-order valence-electron chi connectivity index (χ1n) is 5.68. The number of nitrogens with zero attached hydrogens (tertiary/aromatic N) is 3. The molecule has 0 aromatic carbocycles. The molecule has 98 valence electrons. The average Bonchev–Trinajstić information content (AvgIpc) is 2.74. The Kier molecular flexibility index (Phi) is 3.61. The Morgan fingerprint density at radius 1 is 1.61 bits per heavy atom. The van der Waals surface area contributed by atoms with Gasteiger partial charge in [0.2, 0.25) is 0 Å². The molecule has 1 amide bonds. The van der Waals surface area contributed by atoms with Gasteiger partial charge in [-0.05, 0) is 6.07 Å². The van der Waals surface area contributed by atoms with Gasteiger partial charge in [0.15, 0.2) is 0 Å². The smallest absolute Gasteiger partial charge is 0.305 e. The Labute approximate surface area is 104 Å². The van der Waals surface area contributed by atoms with Crippen molar-refractivity contribution in [3.63, 3.8) is 0 Å². The van der Waals surface area contributed by atoms with Gasteiger partial charge >= 0.3 is 5.97 Å². The number of hydrogen-bond donors (Lipinski definition) is 1. The van der Waals surface area contributed by atoms with Crippen molar-refractivity contribution in [2.75, 3.05) is 19.8 Å². The van der Waals surface area contributed by atoms with Crippen LogP contribution in [0.2, 0.25) is 0 Å². The molecule has 0 saturated carbocycles. The van der Waals surface area contributed by atoms with Crippen molar-refractivity contribution in [1.82, 2.24) is 14.7 Å². The van der Waals surface area contributed by atoms with Crippen LogP contribution < -0.4 is 0 Å². The summed E-state index contributed by atoms with van der Waals surface area (Å²) >= 11 is 0. The largest absolute Gasteiger partial charge is 0.481 e. The Morgan fingerprint density at radius 2 is 2.39 bits per heavy atom. The Hall–Kier alpha value is -1.89. The van der Waals surface area contributed by atoms with E-state index < -0.39 is 12.0 Å². The van der Waals surface area contributed by atoms with Crippen LogP contribution in [0.5, 0.6) is 0 Å². The van der Waals surface area contributed by atoms with Gasteiger partial charge in [0, 0.05) is 19.8 Å². The van der Waals surface area contributed by atoms with E-state index in [1.54, 1.807) is 24.2 Å². The van der Waals surface area contributed by atoms with E-state index in [1.807, 2.05) is 0 Å². The first-order valence-corrected chi connectivity index (χ1v) is 5.68. The first-order chi connectivity index (χ1) is 8.59. The van der Waals surface area contributed by atoms with Gasteiger partial charge < -0.3 is 14.7 Å². The summed E-state index contributed by atoms with van der Waals surface area (Å²) in [7, 11) is 1.68. The highest BCUT2D eigenvalue weighted by Gasteiger charge is 2.30. The normalized spacial score (nSPS) is 19.8. The van der Waals surface area contributed by atoms with Crippen molar-refractivity contribution >= 4 is 11.9 Å². The molecule has 1 fully saturated rings. The van der Waals surface area contributed by atoms with E-state index >= 15 is 0 Å². The Balaban J connectivity index is 2.16. The third kappa shape index (κ3) is 2.51. The molecular formula is C11H15N3O4. The molecule has 1 unspecified atom stereocenters. The molecular weight excluding hydrogens is 238 g/mol. The number of ether oxygens (including phenoxy) is 1. The van der Waals surface area contributed by atoms with E-state index in [0.29, 0.717) is 18.8 Å². The van der Waals surface area contributed by atoms with Crippen molar-refractivity contribution in [2.24, 2.45) is 7.05 Å². The number of rotatable bonds is 3. The summed E-state index contributed by atoms with van der Waals surface area (Å²) in [6.07, 6.45) is 1.43. The molecule has 1 aromatic rings. The van der Waals surface area contributed by atoms with Crippen molar-refractivity contribution in [3.05, 3.63) is 18.0 Å². The minimum absolute atomic E-state index is 0.108. The zero-order valence-electron chi connectivity index (χ0n) is 10.1. The van der Waals surface area contributed by atoms with Crippen LogP contribution in [-0.4, -0.2) is 57.5 Å². The third-order valence-corrected chi connectivity index (χ3v) is 2.94. The lowest BCUT2D eigenvalue weighted by atomic mass is 10.1. The van der Waals surface area contributed by atoms with Crippen LogP contribution in [0.3, 0.4) is 0 Å². The van der Waals surface area contributed by atoms with Crippen molar-refractivity contribution in [3.8, 4) is 0 Å². The SMILES string of the molecule is Cn1nccc1C(=O)N1CCOCC1CC(=O)O. The van der Waals surface area contributed by atoms with Gasteiger partial charge in [-0.3, -0.25) is 14.3 Å². The van der Waals surface area contributed by atoms with E-state index in [4.69, 9.17) is 9.84 Å². The zero-order chi connectivity index (χ0) is 13.1. The van der Waals surface area contributed by atoms with Gasteiger partial charge in [0.05, 0.1) is 25.7 Å². The highest BCUT2D eigenvalue weighted by atomic mass is 16.5. The fourth-order valence-corrected chi connectivity index (χ4v) is 2.02. The lowest BCUT2D eigenvalue weighted by Crippen LogP contribution is -2.50. The summed E-state index contributed by atoms with van der Waals surface area (Å²) in [5, 5.41) is 12.8. The molecule has 0 aliphatic carbocycles. The molecule has 1 aliphatic rings. The summed E-state index contributed by atoms with van der Waals surface area (Å²) < 4.78 is 6.71. The lowest BCUT2D eigenvalue weighted by Gasteiger charge is -2.34. The Morgan fingerprint density at radius 3 is 3.00 bits per heavy atom. The minimum Gasteiger partial charge on any atom is -0.481 e. The fraction of sp³-hybridized carbons (Fsp3) is 0.545. The topological polar surface area (TPSA) is 84.7 Å². The standard InChI is InChI=1S/C11H15N3O4/c1-13-9(2-3-12-13)11(17)14-4-5-18-7-8(14)6-10(15)16/h2-3,8H,4-7H2,1H3,(H,15,16). The summed E-state index contributed by atoms with van der Waals surface area (Å²) in [4.78, 5) is 24.6. The van der Waals surface area contributed by atoms with Crippen LogP contribution in [0, 0.1) is 0 Å². The predicted octanol–water partition coefficient (Wildman–Crippen LogP) is -0.264. The molecule has 18 heavy (non-hydrogen) atoms. The van der Waals surface area contributed by atoms with Crippen molar-refractivity contribution < 1.29 is 19.4 Å². The highest BCUT2D eigenvalue weighted by Crippen LogP contribution is 2.14. The molecule has 7 nitrogen and oxygen atoms in total. The van der Waals surface area contributed by atoms with Crippen LogP contribution in [-0.2, 0) is 16.6 Å². The minimum atomic E-state index is -0.937. The van der Waals surface area contributed by atoms with Crippen LogP contribution >= 0.6 is 0 Å². The number of aliphatic carboxylic acids is 1. The molecule has 0 radical (unpaired) electrons. The number of aryl methyl sites for hydroxylation is 1. The molecule has 1 saturated heterocycles. The van der Waals surface area contributed by atoms with Crippen LogP contribution in [0.1, 0.15) is 16.9 Å². The number of amides is 1. The number of carbonyl (C=O) groups is 2. The second-order valence-corrected chi connectivity index (χ2v) is 4.17. The molecule has 7 heteroatoms. The summed E-state index contributed by atoms with van der Waals surface area (Å²) in [6.45, 7) is 1.09. The van der Waals surface area contributed by atoms with E-state index in [-0.39, 0.29) is 18.9 Å². The van der Waals surface area contributed by atoms with Crippen LogP contribution in [0.15, 0.2) is 12.3 Å². The maximum Gasteiger partial charge on any atom is 0.305 e. The molecule has 1 N–H and O–H groups in total. The third-order valence-electron chi connectivity index (χ3n) is 2.94. The fourth-order valence-electron chi connectivity index (χ4n) is 2.02. The van der Waals surface area contributed by atoms with E-state index in [0.717, 1.165) is 0 Å². The van der Waals surface area contributed by atoms with Gasteiger partial charge in [-0.1, -0.05) is 0 Å². The summed E-state index contributed by atoms with van der Waals surface area (Å²) in [5.74, 6) is -1.14. The highest BCUT2D eigenvalue weighted by molar-refractivity contribution is 5.93. The van der Waals surface area contributed by atoms with Gasteiger partial charge in [-0.15, -0.1) is 0 Å². The van der Waals surface area contributed by atoms with Crippen LogP contribution in [0.4, 0.5) is 0 Å². The monoisotopic (exact) mass is 253 g/mol. The van der Waals surface area contributed by atoms with E-state index in [9.17, 15) is 9.59 Å². The zero-order valence-corrected chi connectivity index (χ0v) is 10.1. The second-order valence-electron chi connectivity index (χ2n) is 4.17. The Bertz CT molecular complexity index is 457. The molecule has 0 bridgehead atoms. The molecule has 2 heterocycles. The first kappa shape index (κ1) is 12.6. The maximum atomic E-state index is 12.3. The van der Waals surface area contributed by atoms with Gasteiger partial charge in [0.25, 0.3) is 5.91 Å². The number of carboxylic acid groups (broad SMARTS) is 1. The predicted molar refractivity (Wildman–Crippen MR) is 61.1 cm³/mol. The molecule has 1 aliphatic heterocycles. The number of morpholine rings is 1. The summed E-state index contributed by atoms with van der Waals surface area (Å²) in [6, 6.07) is 1.20. The quantitative estimate of drug-likeness (QED) is 0.802. The van der Waals surface area contributed by atoms with E-state index in [2.05, 4.69) is 5.10 Å². The average molecular weight is 253 g/mol. The number of carboxylic acids is 1. The van der Waals surface area contributed by atoms with Gasteiger partial charge in [0.1, 0.15) is 5.69 Å². The van der Waals surface area contributed by atoms with Gasteiger partial charge in [-0.25, -0.2) is 0 Å². The second kappa shape index (κ2) is 5.18. The van der Waals surface area contributed by atoms with Gasteiger partial charge in [-0.2, -0.15) is 5.10 Å². The van der Waals surface area contributed by atoms with E-state index in [1.165, 1.54) is 4.68 Å². The number of hydrogen-bond acceptors (Lipinski definition) is 4. The summed E-state index contributed by atoms with van der Waals surface area (Å²) in [5.41, 5.74) is 0.451. The van der Waals surface area contributed by atoms with Crippen molar-refractivity contribution in [2.45, 2.75) is 12.5 Å². The van der Waals surface area contributed by atoms with Crippen LogP contribution in [0.25, 0.3) is 0 Å². The molecule has 1 aromatic heterocycles. The molecule has 2 rings (SSSR count). The maximum absolute atomic E-state index is 12.3. The van der Waals surface area contributed by atoms with Crippen molar-refractivity contribution in [1.29, 1.82) is 0 Å². The number of aromatic nitrogens is 2. The molecule has 1 atom stereocenters. The molecule has 0 spiro atoms.